The second-order valence-corrected chi connectivity index (χ2v) is 4.72. The van der Waals surface area contributed by atoms with E-state index in [0.717, 1.165) is 6.42 Å². The Labute approximate surface area is 117 Å². The van der Waals surface area contributed by atoms with E-state index >= 15 is 0 Å². The number of amides is 1. The molecule has 0 radical (unpaired) electrons. The fourth-order valence-electron chi connectivity index (χ4n) is 1.39. The van der Waals surface area contributed by atoms with E-state index in [1.54, 1.807) is 18.0 Å². The number of hydrazine groups is 1. The summed E-state index contributed by atoms with van der Waals surface area (Å²) in [6.45, 7) is 2.94. The lowest BCUT2D eigenvalue weighted by Gasteiger charge is -2.18. The third-order valence-electron chi connectivity index (χ3n) is 2.37. The van der Waals surface area contributed by atoms with Gasteiger partial charge in [0.15, 0.2) is 5.16 Å². The van der Waals surface area contributed by atoms with E-state index in [2.05, 4.69) is 20.7 Å². The summed E-state index contributed by atoms with van der Waals surface area (Å²) >= 11 is 1.42. The highest BCUT2D eigenvalue weighted by Gasteiger charge is 2.11. The average molecular weight is 284 g/mol. The van der Waals surface area contributed by atoms with E-state index < -0.39 is 0 Å². The van der Waals surface area contributed by atoms with Crippen molar-refractivity contribution in [3.63, 3.8) is 0 Å². The molecule has 0 atom stereocenters. The lowest BCUT2D eigenvalue weighted by atomic mass is 10.4. The molecule has 4 N–H and O–H groups in total. The molecule has 0 bridgehead atoms. The van der Waals surface area contributed by atoms with Gasteiger partial charge in [-0.15, -0.1) is 0 Å². The zero-order valence-corrected chi connectivity index (χ0v) is 12.3. The first-order chi connectivity index (χ1) is 9.10. The van der Waals surface area contributed by atoms with Crippen LogP contribution in [0.4, 0.5) is 11.6 Å². The van der Waals surface area contributed by atoms with E-state index in [4.69, 9.17) is 5.84 Å². The van der Waals surface area contributed by atoms with Crippen molar-refractivity contribution in [3.8, 4) is 0 Å². The van der Waals surface area contributed by atoms with Gasteiger partial charge in [-0.05, 0) is 12.7 Å². The van der Waals surface area contributed by atoms with Gasteiger partial charge in [-0.3, -0.25) is 4.79 Å². The standard InChI is InChI=1S/C11H20N6OS/c1-4-5-13-10(18)7-17(2)9-6-8(16-12)14-11(15-9)19-3/h6H,4-5,7,12H2,1-3H3,(H,13,18)(H,14,15,16). The van der Waals surface area contributed by atoms with Crippen molar-refractivity contribution >= 4 is 29.3 Å². The second kappa shape index (κ2) is 7.80. The van der Waals surface area contributed by atoms with Crippen LogP contribution in [-0.4, -0.2) is 42.3 Å². The summed E-state index contributed by atoms with van der Waals surface area (Å²) in [5, 5.41) is 3.42. The normalized spacial score (nSPS) is 10.1. The van der Waals surface area contributed by atoms with Crippen LogP contribution in [-0.2, 0) is 4.79 Å². The number of nitrogens with two attached hydrogens (primary N) is 1. The summed E-state index contributed by atoms with van der Waals surface area (Å²) < 4.78 is 0. The maximum atomic E-state index is 11.7. The van der Waals surface area contributed by atoms with Gasteiger partial charge in [0, 0.05) is 19.7 Å². The Hall–Kier alpha value is -1.54. The zero-order chi connectivity index (χ0) is 14.3. The SMILES string of the molecule is CCCNC(=O)CN(C)c1cc(NN)nc(SC)n1. The molecule has 0 saturated carbocycles. The van der Waals surface area contributed by atoms with Crippen molar-refractivity contribution in [1.29, 1.82) is 0 Å². The quantitative estimate of drug-likeness (QED) is 0.289. The van der Waals surface area contributed by atoms with Crippen LogP contribution in [0, 0.1) is 0 Å². The molecule has 1 rings (SSSR count). The molecule has 0 unspecified atom stereocenters. The van der Waals surface area contributed by atoms with Crippen LogP contribution in [0.5, 0.6) is 0 Å². The van der Waals surface area contributed by atoms with Gasteiger partial charge in [0.1, 0.15) is 11.6 Å². The first-order valence-electron chi connectivity index (χ1n) is 5.98. The van der Waals surface area contributed by atoms with Gasteiger partial charge >= 0.3 is 0 Å². The second-order valence-electron chi connectivity index (χ2n) is 3.95. The van der Waals surface area contributed by atoms with Crippen LogP contribution in [0.1, 0.15) is 13.3 Å². The van der Waals surface area contributed by atoms with E-state index in [9.17, 15) is 4.79 Å². The molecule has 1 heterocycles. The number of rotatable bonds is 7. The number of thioether (sulfide) groups is 1. The van der Waals surface area contributed by atoms with E-state index in [-0.39, 0.29) is 12.5 Å². The average Bonchev–Trinajstić information content (AvgIpc) is 2.44. The van der Waals surface area contributed by atoms with Crippen LogP contribution in [0.3, 0.4) is 0 Å². The van der Waals surface area contributed by atoms with Crippen molar-refractivity contribution < 1.29 is 4.79 Å². The van der Waals surface area contributed by atoms with E-state index in [1.165, 1.54) is 11.8 Å². The molecule has 0 aliphatic heterocycles. The van der Waals surface area contributed by atoms with Crippen LogP contribution >= 0.6 is 11.8 Å². The fraction of sp³-hybridized carbons (Fsp3) is 0.545. The smallest absolute Gasteiger partial charge is 0.239 e. The lowest BCUT2D eigenvalue weighted by Crippen LogP contribution is -2.36. The zero-order valence-electron chi connectivity index (χ0n) is 11.4. The minimum atomic E-state index is -0.0316. The Bertz CT molecular complexity index is 405. The highest BCUT2D eigenvalue weighted by Crippen LogP contribution is 2.18. The predicted octanol–water partition coefficient (Wildman–Crippen LogP) is 0.446. The summed E-state index contributed by atoms with van der Waals surface area (Å²) in [5.41, 5.74) is 2.49. The Balaban J connectivity index is 2.75. The van der Waals surface area contributed by atoms with Crippen molar-refractivity contribution in [1.82, 2.24) is 15.3 Å². The number of nitrogens with one attached hydrogen (secondary N) is 2. The largest absolute Gasteiger partial charge is 0.355 e. The topological polar surface area (TPSA) is 96.2 Å². The minimum absolute atomic E-state index is 0.0316. The monoisotopic (exact) mass is 284 g/mol. The third kappa shape index (κ3) is 4.92. The molecule has 0 saturated heterocycles. The number of hydrogen-bond donors (Lipinski definition) is 3. The number of nitrogens with zero attached hydrogens (tertiary/aromatic N) is 3. The number of carbonyl (C=O) groups is 1. The maximum Gasteiger partial charge on any atom is 0.239 e. The number of nitrogen functional groups attached to an aromatic ring is 1. The Kier molecular flexibility index (Phi) is 6.37. The van der Waals surface area contributed by atoms with Crippen molar-refractivity contribution in [2.45, 2.75) is 18.5 Å². The van der Waals surface area contributed by atoms with Crippen LogP contribution in [0.2, 0.25) is 0 Å². The first kappa shape index (κ1) is 15.5. The molecule has 0 spiro atoms. The van der Waals surface area contributed by atoms with Crippen LogP contribution in [0.15, 0.2) is 11.2 Å². The number of hydrogen-bond acceptors (Lipinski definition) is 7. The lowest BCUT2D eigenvalue weighted by molar-refractivity contribution is -0.119. The highest BCUT2D eigenvalue weighted by atomic mass is 32.2. The first-order valence-corrected chi connectivity index (χ1v) is 7.20. The molecule has 19 heavy (non-hydrogen) atoms. The molecule has 1 aromatic rings. The Morgan fingerprint density at radius 3 is 2.84 bits per heavy atom. The predicted molar refractivity (Wildman–Crippen MR) is 78.2 cm³/mol. The molecule has 0 fully saturated rings. The van der Waals surface area contributed by atoms with Gasteiger partial charge in [-0.2, -0.15) is 0 Å². The fourth-order valence-corrected chi connectivity index (χ4v) is 1.76. The molecule has 0 aliphatic carbocycles. The van der Waals surface area contributed by atoms with Gasteiger partial charge < -0.3 is 15.6 Å². The number of carbonyl (C=O) groups excluding carboxylic acids is 1. The van der Waals surface area contributed by atoms with Gasteiger partial charge in [-0.1, -0.05) is 18.7 Å². The van der Waals surface area contributed by atoms with E-state index in [1.807, 2.05) is 13.2 Å². The van der Waals surface area contributed by atoms with Crippen LogP contribution < -0.4 is 21.5 Å². The van der Waals surface area contributed by atoms with Crippen molar-refractivity contribution in [2.75, 3.05) is 36.7 Å². The summed E-state index contributed by atoms with van der Waals surface area (Å²) in [6, 6.07) is 1.70. The van der Waals surface area contributed by atoms with Gasteiger partial charge in [0.2, 0.25) is 5.91 Å². The molecule has 0 aliphatic rings. The summed E-state index contributed by atoms with van der Waals surface area (Å²) in [5.74, 6) is 6.51. The summed E-state index contributed by atoms with van der Waals surface area (Å²) in [7, 11) is 1.80. The highest BCUT2D eigenvalue weighted by molar-refractivity contribution is 7.98. The molecular formula is C11H20N6OS. The third-order valence-corrected chi connectivity index (χ3v) is 2.91. The summed E-state index contributed by atoms with van der Waals surface area (Å²) in [6.07, 6.45) is 2.80. The van der Waals surface area contributed by atoms with E-state index in [0.29, 0.717) is 23.3 Å². The van der Waals surface area contributed by atoms with Gasteiger partial charge in [0.05, 0.1) is 6.54 Å². The molecular weight excluding hydrogens is 264 g/mol. The molecule has 0 aromatic carbocycles. The Morgan fingerprint density at radius 2 is 2.26 bits per heavy atom. The molecule has 106 valence electrons. The van der Waals surface area contributed by atoms with Gasteiger partial charge in [-0.25, -0.2) is 15.8 Å². The molecule has 8 heteroatoms. The number of anilines is 2. The van der Waals surface area contributed by atoms with Gasteiger partial charge in [0.25, 0.3) is 0 Å². The number of aromatic nitrogens is 2. The maximum absolute atomic E-state index is 11.7. The molecule has 1 amide bonds. The molecule has 1 aromatic heterocycles. The minimum Gasteiger partial charge on any atom is -0.355 e. The summed E-state index contributed by atoms with van der Waals surface area (Å²) in [4.78, 5) is 21.9. The van der Waals surface area contributed by atoms with Crippen molar-refractivity contribution in [3.05, 3.63) is 6.07 Å². The Morgan fingerprint density at radius 1 is 1.53 bits per heavy atom. The molecule has 7 nitrogen and oxygen atoms in total. The van der Waals surface area contributed by atoms with Crippen molar-refractivity contribution in [2.24, 2.45) is 5.84 Å². The number of likely N-dealkylation sites (N-methyl/N-ethyl adjacent to an activating group) is 1. The van der Waals surface area contributed by atoms with Crippen LogP contribution in [0.25, 0.3) is 0 Å².